The van der Waals surface area contributed by atoms with Crippen LogP contribution >= 0.6 is 0 Å². The number of benzene rings is 2. The number of furan rings is 1. The van der Waals surface area contributed by atoms with Gasteiger partial charge in [0.05, 0.1) is 11.8 Å². The zero-order chi connectivity index (χ0) is 13.8. The van der Waals surface area contributed by atoms with E-state index in [0.717, 1.165) is 11.1 Å². The van der Waals surface area contributed by atoms with Crippen molar-refractivity contribution in [2.45, 2.75) is 0 Å². The number of esters is 1. The molecule has 0 unspecified atom stereocenters. The van der Waals surface area contributed by atoms with E-state index in [2.05, 4.69) is 0 Å². The molecule has 0 bridgehead atoms. The highest BCUT2D eigenvalue weighted by atomic mass is 16.5. The van der Waals surface area contributed by atoms with Gasteiger partial charge in [-0.2, -0.15) is 0 Å². The van der Waals surface area contributed by atoms with Crippen molar-refractivity contribution >= 4 is 5.97 Å². The van der Waals surface area contributed by atoms with E-state index in [-0.39, 0.29) is 0 Å². The standard InChI is InChI=1S/C17H12O3/c18-17(15-10-11-19-12-15)20-16-8-6-14(7-9-16)13-4-2-1-3-5-13/h1-12H. The normalized spacial score (nSPS) is 10.2. The third-order valence-electron chi connectivity index (χ3n) is 2.93. The predicted octanol–water partition coefficient (Wildman–Crippen LogP) is 4.17. The fourth-order valence-corrected chi connectivity index (χ4v) is 1.89. The fourth-order valence-electron chi connectivity index (χ4n) is 1.89. The Morgan fingerprint density at radius 1 is 0.850 bits per heavy atom. The summed E-state index contributed by atoms with van der Waals surface area (Å²) in [5.41, 5.74) is 2.60. The highest BCUT2D eigenvalue weighted by Crippen LogP contribution is 2.22. The largest absolute Gasteiger partial charge is 0.472 e. The monoisotopic (exact) mass is 264 g/mol. The van der Waals surface area contributed by atoms with Gasteiger partial charge in [0.1, 0.15) is 12.0 Å². The van der Waals surface area contributed by atoms with Gasteiger partial charge in [0.2, 0.25) is 0 Å². The van der Waals surface area contributed by atoms with E-state index in [1.165, 1.54) is 12.5 Å². The molecule has 0 spiro atoms. The molecule has 20 heavy (non-hydrogen) atoms. The van der Waals surface area contributed by atoms with Crippen LogP contribution in [0.2, 0.25) is 0 Å². The summed E-state index contributed by atoms with van der Waals surface area (Å²) in [5, 5.41) is 0. The van der Waals surface area contributed by atoms with Gasteiger partial charge in [0.15, 0.2) is 0 Å². The van der Waals surface area contributed by atoms with Gasteiger partial charge in [-0.15, -0.1) is 0 Å². The molecular weight excluding hydrogens is 252 g/mol. The molecule has 3 nitrogen and oxygen atoms in total. The Morgan fingerprint density at radius 3 is 2.20 bits per heavy atom. The maximum absolute atomic E-state index is 11.7. The third-order valence-corrected chi connectivity index (χ3v) is 2.93. The minimum Gasteiger partial charge on any atom is -0.472 e. The first-order valence-corrected chi connectivity index (χ1v) is 6.23. The van der Waals surface area contributed by atoms with Gasteiger partial charge in [-0.3, -0.25) is 0 Å². The number of rotatable bonds is 3. The Morgan fingerprint density at radius 2 is 1.55 bits per heavy atom. The molecule has 98 valence electrons. The number of hydrogen-bond donors (Lipinski definition) is 0. The van der Waals surface area contributed by atoms with E-state index in [0.29, 0.717) is 11.3 Å². The Hall–Kier alpha value is -2.81. The molecule has 0 radical (unpaired) electrons. The number of ether oxygens (including phenoxy) is 1. The van der Waals surface area contributed by atoms with Crippen molar-refractivity contribution in [3.63, 3.8) is 0 Å². The van der Waals surface area contributed by atoms with Crippen LogP contribution in [0.1, 0.15) is 10.4 Å². The highest BCUT2D eigenvalue weighted by molar-refractivity contribution is 5.90. The zero-order valence-electron chi connectivity index (χ0n) is 10.7. The third kappa shape index (κ3) is 2.62. The van der Waals surface area contributed by atoms with Crippen LogP contribution in [0.4, 0.5) is 0 Å². The van der Waals surface area contributed by atoms with E-state index in [1.807, 2.05) is 42.5 Å². The van der Waals surface area contributed by atoms with Gasteiger partial charge in [-0.1, -0.05) is 42.5 Å². The Bertz CT molecular complexity index is 683. The lowest BCUT2D eigenvalue weighted by atomic mass is 10.1. The maximum atomic E-state index is 11.7. The molecule has 1 aromatic heterocycles. The van der Waals surface area contributed by atoms with Gasteiger partial charge in [-0.05, 0) is 29.3 Å². The number of hydrogen-bond acceptors (Lipinski definition) is 3. The summed E-state index contributed by atoms with van der Waals surface area (Å²) in [7, 11) is 0. The van der Waals surface area contributed by atoms with E-state index in [4.69, 9.17) is 9.15 Å². The lowest BCUT2D eigenvalue weighted by molar-refractivity contribution is 0.0734. The second kappa shape index (κ2) is 5.45. The minimum atomic E-state index is -0.425. The van der Waals surface area contributed by atoms with Crippen molar-refractivity contribution in [3.05, 3.63) is 78.8 Å². The molecular formula is C17H12O3. The van der Waals surface area contributed by atoms with E-state index < -0.39 is 5.97 Å². The van der Waals surface area contributed by atoms with E-state index >= 15 is 0 Å². The smallest absolute Gasteiger partial charge is 0.346 e. The average molecular weight is 264 g/mol. The van der Waals surface area contributed by atoms with Crippen LogP contribution < -0.4 is 4.74 Å². The molecule has 0 amide bonds. The Labute approximate surface area is 116 Å². The van der Waals surface area contributed by atoms with E-state index in [1.54, 1.807) is 18.2 Å². The van der Waals surface area contributed by atoms with Crippen LogP contribution in [0.3, 0.4) is 0 Å². The molecule has 0 saturated carbocycles. The van der Waals surface area contributed by atoms with Crippen LogP contribution in [-0.4, -0.2) is 5.97 Å². The van der Waals surface area contributed by atoms with Crippen molar-refractivity contribution in [2.24, 2.45) is 0 Å². The van der Waals surface area contributed by atoms with Crippen LogP contribution in [0.15, 0.2) is 77.6 Å². The summed E-state index contributed by atoms with van der Waals surface area (Å²) in [6, 6.07) is 19.0. The van der Waals surface area contributed by atoms with Crippen molar-refractivity contribution < 1.29 is 13.9 Å². The topological polar surface area (TPSA) is 39.4 Å². The highest BCUT2D eigenvalue weighted by Gasteiger charge is 2.09. The van der Waals surface area contributed by atoms with Crippen molar-refractivity contribution in [1.29, 1.82) is 0 Å². The van der Waals surface area contributed by atoms with Gasteiger partial charge < -0.3 is 9.15 Å². The van der Waals surface area contributed by atoms with Crippen LogP contribution in [0.5, 0.6) is 5.75 Å². The summed E-state index contributed by atoms with van der Waals surface area (Å²) < 4.78 is 10.1. The minimum absolute atomic E-state index is 0.400. The molecule has 0 aliphatic carbocycles. The molecule has 0 saturated heterocycles. The molecule has 0 aliphatic rings. The molecule has 0 aliphatic heterocycles. The molecule has 3 aromatic rings. The Kier molecular flexibility index (Phi) is 3.33. The predicted molar refractivity (Wildman–Crippen MR) is 75.5 cm³/mol. The van der Waals surface area contributed by atoms with Crippen LogP contribution in [0, 0.1) is 0 Å². The Balaban J connectivity index is 1.75. The molecule has 3 rings (SSSR count). The van der Waals surface area contributed by atoms with Crippen LogP contribution in [-0.2, 0) is 0 Å². The van der Waals surface area contributed by atoms with Gasteiger partial charge in [0.25, 0.3) is 0 Å². The van der Waals surface area contributed by atoms with Gasteiger partial charge in [0, 0.05) is 0 Å². The molecule has 3 heteroatoms. The summed E-state index contributed by atoms with van der Waals surface area (Å²) in [5.74, 6) is 0.0853. The van der Waals surface area contributed by atoms with E-state index in [9.17, 15) is 4.79 Å². The first-order valence-electron chi connectivity index (χ1n) is 6.23. The molecule has 0 fully saturated rings. The summed E-state index contributed by atoms with van der Waals surface area (Å²) >= 11 is 0. The summed E-state index contributed by atoms with van der Waals surface area (Å²) in [4.78, 5) is 11.7. The van der Waals surface area contributed by atoms with Crippen molar-refractivity contribution in [3.8, 4) is 16.9 Å². The van der Waals surface area contributed by atoms with Gasteiger partial charge >= 0.3 is 5.97 Å². The molecule has 0 N–H and O–H groups in total. The maximum Gasteiger partial charge on any atom is 0.346 e. The molecule has 1 heterocycles. The SMILES string of the molecule is O=C(Oc1ccc(-c2ccccc2)cc1)c1ccoc1. The number of carbonyl (C=O) groups is 1. The van der Waals surface area contributed by atoms with Crippen molar-refractivity contribution in [1.82, 2.24) is 0 Å². The summed E-state index contributed by atoms with van der Waals surface area (Å²) in [6.07, 6.45) is 2.80. The number of carbonyl (C=O) groups excluding carboxylic acids is 1. The molecule has 0 atom stereocenters. The van der Waals surface area contributed by atoms with Crippen molar-refractivity contribution in [2.75, 3.05) is 0 Å². The second-order valence-corrected chi connectivity index (χ2v) is 4.29. The lowest BCUT2D eigenvalue weighted by Crippen LogP contribution is -2.06. The van der Waals surface area contributed by atoms with Crippen LogP contribution in [0.25, 0.3) is 11.1 Å². The zero-order valence-corrected chi connectivity index (χ0v) is 10.7. The average Bonchev–Trinajstić information content (AvgIpc) is 3.03. The quantitative estimate of drug-likeness (QED) is 0.526. The second-order valence-electron chi connectivity index (χ2n) is 4.29. The summed E-state index contributed by atoms with van der Waals surface area (Å²) in [6.45, 7) is 0. The first-order chi connectivity index (χ1) is 9.83. The fraction of sp³-hybridized carbons (Fsp3) is 0. The molecule has 2 aromatic carbocycles. The van der Waals surface area contributed by atoms with Gasteiger partial charge in [-0.25, -0.2) is 4.79 Å². The lowest BCUT2D eigenvalue weighted by Gasteiger charge is -2.05. The first kappa shape index (κ1) is 12.2.